The Morgan fingerprint density at radius 2 is 0.927 bits per heavy atom. The van der Waals surface area contributed by atoms with Gasteiger partial charge in [0, 0.05) is 16.7 Å². The average Bonchev–Trinajstić information content (AvgIpc) is 3.58. The summed E-state index contributed by atoms with van der Waals surface area (Å²) in [4.78, 5) is 10.6. The van der Waals surface area contributed by atoms with E-state index in [2.05, 4.69) is 200 Å². The zero-order valence-electron chi connectivity index (χ0n) is 30.0. The van der Waals surface area contributed by atoms with E-state index >= 15 is 0 Å². The summed E-state index contributed by atoms with van der Waals surface area (Å²) in [6.45, 7) is 0. The van der Waals surface area contributed by atoms with Gasteiger partial charge in [-0.3, -0.25) is 0 Å². The molecule has 2 heteroatoms. The smallest absolute Gasteiger partial charge is 0.160 e. The third kappa shape index (κ3) is 4.82. The van der Waals surface area contributed by atoms with Gasteiger partial charge in [-0.2, -0.15) is 0 Å². The molecule has 1 aliphatic carbocycles. The van der Waals surface area contributed by atoms with Crippen LogP contribution in [0, 0.1) is 0 Å². The van der Waals surface area contributed by atoms with Crippen LogP contribution >= 0.6 is 0 Å². The fraction of sp³-hybridized carbons (Fsp3) is 0.0189. The molecule has 0 saturated heterocycles. The maximum absolute atomic E-state index is 5.38. The van der Waals surface area contributed by atoms with Gasteiger partial charge in [0.2, 0.25) is 0 Å². The highest BCUT2D eigenvalue weighted by Crippen LogP contribution is 2.58. The molecular formula is C53H34N2. The summed E-state index contributed by atoms with van der Waals surface area (Å²) in [5.41, 5.74) is 12.2. The van der Waals surface area contributed by atoms with Gasteiger partial charge in [-0.05, 0) is 83.9 Å². The van der Waals surface area contributed by atoms with E-state index in [-0.39, 0.29) is 0 Å². The third-order valence-corrected chi connectivity index (χ3v) is 11.5. The van der Waals surface area contributed by atoms with E-state index in [1.54, 1.807) is 0 Å². The Morgan fingerprint density at radius 3 is 1.69 bits per heavy atom. The highest BCUT2D eigenvalue weighted by atomic mass is 14.9. The first-order valence-electron chi connectivity index (χ1n) is 18.9. The van der Waals surface area contributed by atoms with Crippen LogP contribution in [0.15, 0.2) is 206 Å². The Kier molecular flexibility index (Phi) is 7.11. The highest BCUT2D eigenvalue weighted by molar-refractivity contribution is 6.13. The monoisotopic (exact) mass is 698 g/mol. The summed E-state index contributed by atoms with van der Waals surface area (Å²) in [6.07, 6.45) is 0. The zero-order valence-corrected chi connectivity index (χ0v) is 30.0. The first-order chi connectivity index (χ1) is 27.3. The molecule has 0 spiro atoms. The Hall–Kier alpha value is -7.16. The summed E-state index contributed by atoms with van der Waals surface area (Å²) >= 11 is 0. The van der Waals surface area contributed by atoms with Gasteiger partial charge in [0.25, 0.3) is 0 Å². The molecule has 0 aliphatic heterocycles. The molecule has 0 amide bonds. The largest absolute Gasteiger partial charge is 0.228 e. The quantitative estimate of drug-likeness (QED) is 0.167. The van der Waals surface area contributed by atoms with Crippen LogP contribution in [0.5, 0.6) is 0 Å². The molecule has 11 rings (SSSR count). The molecule has 0 N–H and O–H groups in total. The van der Waals surface area contributed by atoms with Gasteiger partial charge in [-0.15, -0.1) is 0 Å². The lowest BCUT2D eigenvalue weighted by molar-refractivity contribution is 0.775. The second-order valence-electron chi connectivity index (χ2n) is 14.5. The molecule has 1 aromatic heterocycles. The van der Waals surface area contributed by atoms with Crippen molar-refractivity contribution in [3.8, 4) is 45.0 Å². The van der Waals surface area contributed by atoms with E-state index in [1.165, 1.54) is 60.3 Å². The molecule has 9 aromatic carbocycles. The fourth-order valence-electron chi connectivity index (χ4n) is 9.16. The summed E-state index contributed by atoms with van der Waals surface area (Å²) < 4.78 is 0. The van der Waals surface area contributed by atoms with Gasteiger partial charge < -0.3 is 0 Å². The standard InChI is InChI=1S/C53H34N2/c1-4-16-35(17-5-1)49-34-50(47-33-36-18-10-11-23-41(36)43-24-12-13-25-44(43)47)55-52(54-49)38-29-30-42-37(32-38)28-31-46-45-26-14-15-27-48(45)53(51(42)46,39-19-6-2-7-20-39)40-21-8-3-9-22-40/h1-34H. The van der Waals surface area contributed by atoms with Crippen LogP contribution in [0.2, 0.25) is 0 Å². The SMILES string of the molecule is c1ccc(-c2cc(-c3cc4ccccc4c4ccccc34)nc(-c3ccc4c5c(ccc4c3)-c3ccccc3C5(c3ccccc3)c3ccccc3)n2)cc1. The second-order valence-corrected chi connectivity index (χ2v) is 14.5. The maximum atomic E-state index is 5.38. The molecule has 0 radical (unpaired) electrons. The van der Waals surface area contributed by atoms with Crippen molar-refractivity contribution in [1.82, 2.24) is 9.97 Å². The van der Waals surface area contributed by atoms with Crippen LogP contribution in [-0.4, -0.2) is 9.97 Å². The van der Waals surface area contributed by atoms with Crippen molar-refractivity contribution in [3.05, 3.63) is 229 Å². The van der Waals surface area contributed by atoms with Gasteiger partial charge in [0.1, 0.15) is 0 Å². The normalized spacial score (nSPS) is 12.9. The van der Waals surface area contributed by atoms with Crippen molar-refractivity contribution >= 4 is 32.3 Å². The zero-order chi connectivity index (χ0) is 36.3. The number of hydrogen-bond donors (Lipinski definition) is 0. The molecule has 0 bridgehead atoms. The Morgan fingerprint density at radius 1 is 0.327 bits per heavy atom. The summed E-state index contributed by atoms with van der Waals surface area (Å²) in [7, 11) is 0. The number of rotatable bonds is 5. The maximum Gasteiger partial charge on any atom is 0.160 e. The number of benzene rings is 9. The van der Waals surface area contributed by atoms with E-state index in [1.807, 2.05) is 6.07 Å². The predicted octanol–water partition coefficient (Wildman–Crippen LogP) is 13.3. The molecular weight excluding hydrogens is 665 g/mol. The van der Waals surface area contributed by atoms with Crippen LogP contribution in [0.1, 0.15) is 22.3 Å². The lowest BCUT2D eigenvalue weighted by atomic mass is 9.66. The first kappa shape index (κ1) is 31.4. The van der Waals surface area contributed by atoms with Crippen LogP contribution in [0.25, 0.3) is 77.3 Å². The Balaban J connectivity index is 1.16. The number of hydrogen-bond acceptors (Lipinski definition) is 2. The van der Waals surface area contributed by atoms with E-state index < -0.39 is 5.41 Å². The van der Waals surface area contributed by atoms with E-state index in [9.17, 15) is 0 Å². The highest BCUT2D eigenvalue weighted by Gasteiger charge is 2.46. The average molecular weight is 699 g/mol. The minimum atomic E-state index is -0.483. The second kappa shape index (κ2) is 12.5. The van der Waals surface area contributed by atoms with Crippen molar-refractivity contribution in [1.29, 1.82) is 0 Å². The molecule has 0 unspecified atom stereocenters. The molecule has 0 atom stereocenters. The van der Waals surface area contributed by atoms with E-state index in [0.29, 0.717) is 5.82 Å². The minimum Gasteiger partial charge on any atom is -0.228 e. The predicted molar refractivity (Wildman–Crippen MR) is 228 cm³/mol. The van der Waals surface area contributed by atoms with Crippen LogP contribution in [-0.2, 0) is 5.41 Å². The van der Waals surface area contributed by atoms with Gasteiger partial charge in [0.05, 0.1) is 16.8 Å². The number of nitrogens with zero attached hydrogens (tertiary/aromatic N) is 2. The van der Waals surface area contributed by atoms with Gasteiger partial charge in [-0.25, -0.2) is 9.97 Å². The summed E-state index contributed by atoms with van der Waals surface area (Å²) in [5, 5.41) is 7.22. The van der Waals surface area contributed by atoms with Crippen molar-refractivity contribution in [2.24, 2.45) is 0 Å². The minimum absolute atomic E-state index is 0.483. The van der Waals surface area contributed by atoms with Crippen molar-refractivity contribution < 1.29 is 0 Å². The molecule has 55 heavy (non-hydrogen) atoms. The van der Waals surface area contributed by atoms with Crippen LogP contribution in [0.4, 0.5) is 0 Å². The van der Waals surface area contributed by atoms with E-state index in [4.69, 9.17) is 9.97 Å². The topological polar surface area (TPSA) is 25.8 Å². The Bertz CT molecular complexity index is 3040. The van der Waals surface area contributed by atoms with Crippen LogP contribution < -0.4 is 0 Å². The summed E-state index contributed by atoms with van der Waals surface area (Å²) in [5.74, 6) is 0.705. The molecule has 0 saturated carbocycles. The molecule has 2 nitrogen and oxygen atoms in total. The van der Waals surface area contributed by atoms with Crippen molar-refractivity contribution in [3.63, 3.8) is 0 Å². The molecule has 1 aliphatic rings. The third-order valence-electron chi connectivity index (χ3n) is 11.5. The summed E-state index contributed by atoms with van der Waals surface area (Å²) in [6, 6.07) is 74.5. The first-order valence-corrected chi connectivity index (χ1v) is 18.9. The van der Waals surface area contributed by atoms with Crippen molar-refractivity contribution in [2.75, 3.05) is 0 Å². The molecule has 10 aromatic rings. The number of aromatic nitrogens is 2. The van der Waals surface area contributed by atoms with E-state index in [0.717, 1.165) is 33.5 Å². The fourth-order valence-corrected chi connectivity index (χ4v) is 9.16. The van der Waals surface area contributed by atoms with Crippen LogP contribution in [0.3, 0.4) is 0 Å². The molecule has 256 valence electrons. The molecule has 1 heterocycles. The Labute approximate surface area is 320 Å². The van der Waals surface area contributed by atoms with Gasteiger partial charge in [-0.1, -0.05) is 188 Å². The lowest BCUT2D eigenvalue weighted by Crippen LogP contribution is -2.28. The van der Waals surface area contributed by atoms with Crippen molar-refractivity contribution in [2.45, 2.75) is 5.41 Å². The molecule has 0 fully saturated rings. The number of fused-ring (bicyclic) bond motifs is 8. The van der Waals surface area contributed by atoms with Gasteiger partial charge >= 0.3 is 0 Å². The van der Waals surface area contributed by atoms with Gasteiger partial charge in [0.15, 0.2) is 5.82 Å². The lowest BCUT2D eigenvalue weighted by Gasteiger charge is -2.34.